The van der Waals surface area contributed by atoms with Crippen LogP contribution in [0.5, 0.6) is 0 Å². The van der Waals surface area contributed by atoms with E-state index in [1.807, 2.05) is 0 Å². The molecular weight excluding hydrogens is 295 g/mol. The third kappa shape index (κ3) is 2.42. The summed E-state index contributed by atoms with van der Waals surface area (Å²) in [6.45, 7) is 0. The van der Waals surface area contributed by atoms with Gasteiger partial charge >= 0.3 is 0 Å². The van der Waals surface area contributed by atoms with Crippen LogP contribution in [-0.2, 0) is 9.84 Å². The van der Waals surface area contributed by atoms with Crippen molar-refractivity contribution >= 4 is 15.7 Å². The Morgan fingerprint density at radius 3 is 2.76 bits per heavy atom. The summed E-state index contributed by atoms with van der Waals surface area (Å²) >= 11 is 0. The molecule has 1 fully saturated rings. The summed E-state index contributed by atoms with van der Waals surface area (Å²) in [5, 5.41) is 2.85. The molecule has 0 bridgehead atoms. The van der Waals surface area contributed by atoms with E-state index in [1.165, 1.54) is 12.1 Å². The van der Waals surface area contributed by atoms with E-state index in [2.05, 4.69) is 5.16 Å². The van der Waals surface area contributed by atoms with Crippen LogP contribution in [-0.4, -0.2) is 19.3 Å². The zero-order valence-electron chi connectivity index (χ0n) is 11.3. The van der Waals surface area contributed by atoms with Crippen LogP contribution in [0.1, 0.15) is 30.3 Å². The van der Waals surface area contributed by atoms with Crippen molar-refractivity contribution in [2.75, 3.05) is 11.5 Å². The lowest BCUT2D eigenvalue weighted by Gasteiger charge is -2.20. The SMILES string of the molecule is Nc1noc(C2CCCCS2(=O)=O)c1-c1ccccc1F. The minimum absolute atomic E-state index is 0.0101. The third-order valence-electron chi connectivity index (χ3n) is 3.76. The molecule has 3 rings (SSSR count). The maximum atomic E-state index is 14.0. The Kier molecular flexibility index (Phi) is 3.44. The first-order valence-electron chi connectivity index (χ1n) is 6.72. The van der Waals surface area contributed by atoms with Gasteiger partial charge in [-0.2, -0.15) is 0 Å². The van der Waals surface area contributed by atoms with Gasteiger partial charge in [-0.3, -0.25) is 0 Å². The van der Waals surface area contributed by atoms with Crippen molar-refractivity contribution in [2.45, 2.75) is 24.5 Å². The first-order valence-corrected chi connectivity index (χ1v) is 8.44. The second-order valence-corrected chi connectivity index (χ2v) is 7.44. The van der Waals surface area contributed by atoms with E-state index in [-0.39, 0.29) is 28.5 Å². The number of aromatic nitrogens is 1. The molecule has 1 aromatic carbocycles. The molecule has 0 saturated carbocycles. The minimum Gasteiger partial charge on any atom is -0.380 e. The average Bonchev–Trinajstić information content (AvgIpc) is 2.80. The molecule has 1 atom stereocenters. The standard InChI is InChI=1S/C14H15FN2O3S/c15-10-6-2-1-5-9(10)12-13(20-17-14(12)16)11-7-3-4-8-21(11,18)19/h1-2,5-6,11H,3-4,7-8H2,(H2,16,17). The van der Waals surface area contributed by atoms with Gasteiger partial charge in [-0.05, 0) is 18.9 Å². The molecule has 0 amide bonds. The maximum absolute atomic E-state index is 14.0. The molecule has 112 valence electrons. The molecule has 2 heterocycles. The van der Waals surface area contributed by atoms with E-state index < -0.39 is 20.9 Å². The highest BCUT2D eigenvalue weighted by Gasteiger charge is 2.36. The van der Waals surface area contributed by atoms with Crippen LogP contribution in [0.15, 0.2) is 28.8 Å². The normalized spacial score (nSPS) is 21.3. The van der Waals surface area contributed by atoms with Gasteiger partial charge in [-0.1, -0.05) is 29.8 Å². The van der Waals surface area contributed by atoms with Gasteiger partial charge < -0.3 is 10.3 Å². The van der Waals surface area contributed by atoms with E-state index in [0.29, 0.717) is 12.8 Å². The largest absolute Gasteiger partial charge is 0.380 e. The Hall–Kier alpha value is -1.89. The highest BCUT2D eigenvalue weighted by molar-refractivity contribution is 7.91. The number of rotatable bonds is 2. The molecule has 5 nitrogen and oxygen atoms in total. The smallest absolute Gasteiger partial charge is 0.175 e. The van der Waals surface area contributed by atoms with Crippen molar-refractivity contribution in [1.29, 1.82) is 0 Å². The molecular formula is C14H15FN2O3S. The van der Waals surface area contributed by atoms with Gasteiger partial charge in [0.1, 0.15) is 11.1 Å². The lowest BCUT2D eigenvalue weighted by Crippen LogP contribution is -2.21. The quantitative estimate of drug-likeness (QED) is 0.921. The fraction of sp³-hybridized carbons (Fsp3) is 0.357. The number of nitrogen functional groups attached to an aromatic ring is 1. The van der Waals surface area contributed by atoms with Crippen molar-refractivity contribution in [3.05, 3.63) is 35.8 Å². The zero-order valence-corrected chi connectivity index (χ0v) is 12.1. The Bertz CT molecular complexity index is 770. The van der Waals surface area contributed by atoms with Gasteiger partial charge in [0, 0.05) is 5.56 Å². The molecule has 1 unspecified atom stereocenters. The van der Waals surface area contributed by atoms with Crippen LogP contribution in [0.3, 0.4) is 0 Å². The number of nitrogens with two attached hydrogens (primary N) is 1. The van der Waals surface area contributed by atoms with Crippen LogP contribution >= 0.6 is 0 Å². The molecule has 0 radical (unpaired) electrons. The summed E-state index contributed by atoms with van der Waals surface area (Å²) in [7, 11) is -3.32. The first kappa shape index (κ1) is 14.1. The molecule has 1 aromatic heterocycles. The number of halogens is 1. The molecule has 2 N–H and O–H groups in total. The van der Waals surface area contributed by atoms with Crippen molar-refractivity contribution in [3.63, 3.8) is 0 Å². The molecule has 1 saturated heterocycles. The summed E-state index contributed by atoms with van der Waals surface area (Å²) in [6, 6.07) is 6.04. The number of nitrogens with zero attached hydrogens (tertiary/aromatic N) is 1. The van der Waals surface area contributed by atoms with Crippen LogP contribution in [0.25, 0.3) is 11.1 Å². The predicted octanol–water partition coefficient (Wildman–Crippen LogP) is 2.70. The summed E-state index contributed by atoms with van der Waals surface area (Å²) < 4.78 is 43.6. The minimum atomic E-state index is -3.32. The number of benzene rings is 1. The Morgan fingerprint density at radius 2 is 2.05 bits per heavy atom. The second-order valence-electron chi connectivity index (χ2n) is 5.14. The Balaban J connectivity index is 2.16. The molecule has 0 spiro atoms. The molecule has 0 aliphatic carbocycles. The van der Waals surface area contributed by atoms with Crippen molar-refractivity contribution in [3.8, 4) is 11.1 Å². The summed E-state index contributed by atoms with van der Waals surface area (Å²) in [6.07, 6.45) is 1.86. The lowest BCUT2D eigenvalue weighted by molar-refractivity contribution is 0.372. The van der Waals surface area contributed by atoms with Crippen LogP contribution in [0.2, 0.25) is 0 Å². The van der Waals surface area contributed by atoms with Crippen LogP contribution < -0.4 is 5.73 Å². The molecule has 21 heavy (non-hydrogen) atoms. The Labute approximate surface area is 121 Å². The van der Waals surface area contributed by atoms with E-state index in [1.54, 1.807) is 12.1 Å². The number of sulfone groups is 1. The highest BCUT2D eigenvalue weighted by atomic mass is 32.2. The highest BCUT2D eigenvalue weighted by Crippen LogP contribution is 2.41. The van der Waals surface area contributed by atoms with Crippen molar-refractivity contribution < 1.29 is 17.3 Å². The van der Waals surface area contributed by atoms with Gasteiger partial charge in [-0.25, -0.2) is 12.8 Å². The van der Waals surface area contributed by atoms with E-state index >= 15 is 0 Å². The average molecular weight is 310 g/mol. The van der Waals surface area contributed by atoms with E-state index in [4.69, 9.17) is 10.3 Å². The predicted molar refractivity (Wildman–Crippen MR) is 76.7 cm³/mol. The van der Waals surface area contributed by atoms with Gasteiger partial charge in [0.05, 0.1) is 11.3 Å². The van der Waals surface area contributed by atoms with Crippen molar-refractivity contribution in [1.82, 2.24) is 5.16 Å². The lowest BCUT2D eigenvalue weighted by atomic mass is 10.0. The fourth-order valence-electron chi connectivity index (χ4n) is 2.72. The summed E-state index contributed by atoms with van der Waals surface area (Å²) in [5.41, 5.74) is 6.24. The molecule has 7 heteroatoms. The topological polar surface area (TPSA) is 86.2 Å². The number of hydrogen-bond acceptors (Lipinski definition) is 5. The molecule has 2 aromatic rings. The zero-order chi connectivity index (χ0) is 15.0. The Morgan fingerprint density at radius 1 is 1.29 bits per heavy atom. The summed E-state index contributed by atoms with van der Waals surface area (Å²) in [4.78, 5) is 0. The van der Waals surface area contributed by atoms with Gasteiger partial charge in [0.15, 0.2) is 21.4 Å². The van der Waals surface area contributed by atoms with Crippen molar-refractivity contribution in [2.24, 2.45) is 0 Å². The number of hydrogen-bond donors (Lipinski definition) is 1. The van der Waals surface area contributed by atoms with Gasteiger partial charge in [0.2, 0.25) is 0 Å². The fourth-order valence-corrected chi connectivity index (χ4v) is 4.62. The number of anilines is 1. The monoisotopic (exact) mass is 310 g/mol. The molecule has 1 aliphatic heterocycles. The third-order valence-corrected chi connectivity index (χ3v) is 5.93. The van der Waals surface area contributed by atoms with Gasteiger partial charge in [0.25, 0.3) is 0 Å². The second kappa shape index (κ2) is 5.14. The molecule has 1 aliphatic rings. The maximum Gasteiger partial charge on any atom is 0.175 e. The first-order chi connectivity index (χ1) is 10.0. The van der Waals surface area contributed by atoms with Crippen LogP contribution in [0, 0.1) is 5.82 Å². The van der Waals surface area contributed by atoms with E-state index in [9.17, 15) is 12.8 Å². The van der Waals surface area contributed by atoms with Crippen LogP contribution in [0.4, 0.5) is 10.2 Å². The van der Waals surface area contributed by atoms with E-state index in [0.717, 1.165) is 6.42 Å². The van der Waals surface area contributed by atoms with Gasteiger partial charge in [-0.15, -0.1) is 0 Å². The summed E-state index contributed by atoms with van der Waals surface area (Å²) in [5.74, 6) is -0.218.